The van der Waals surface area contributed by atoms with E-state index in [-0.39, 0.29) is 5.54 Å². The van der Waals surface area contributed by atoms with E-state index in [4.69, 9.17) is 5.73 Å². The van der Waals surface area contributed by atoms with Gasteiger partial charge in [-0.05, 0) is 62.3 Å². The molecule has 112 valence electrons. The molecular formula is C20H27N. The number of rotatable bonds is 5. The zero-order valence-electron chi connectivity index (χ0n) is 13.7. The summed E-state index contributed by atoms with van der Waals surface area (Å²) in [6, 6.07) is 15.1. The molecule has 2 rings (SSSR count). The lowest BCUT2D eigenvalue weighted by atomic mass is 9.81. The average molecular weight is 281 g/mol. The molecule has 2 N–H and O–H groups in total. The Bertz CT molecular complexity index is 577. The van der Waals surface area contributed by atoms with Crippen LogP contribution in [0.25, 0.3) is 0 Å². The minimum absolute atomic E-state index is 0.174. The summed E-state index contributed by atoms with van der Waals surface area (Å²) in [5, 5.41) is 0. The SMILES string of the molecule is CCC(N)(Cc1ccccc1)Cc1c(C)cc(C)cc1C. The monoisotopic (exact) mass is 281 g/mol. The Morgan fingerprint density at radius 2 is 1.48 bits per heavy atom. The molecule has 1 unspecified atom stereocenters. The number of benzene rings is 2. The highest BCUT2D eigenvalue weighted by atomic mass is 14.7. The summed E-state index contributed by atoms with van der Waals surface area (Å²) in [4.78, 5) is 0. The van der Waals surface area contributed by atoms with Crippen molar-refractivity contribution in [2.24, 2.45) is 5.73 Å². The third-order valence-corrected chi connectivity index (χ3v) is 4.47. The highest BCUT2D eigenvalue weighted by Gasteiger charge is 2.25. The molecule has 2 aromatic rings. The van der Waals surface area contributed by atoms with Crippen molar-refractivity contribution in [2.75, 3.05) is 0 Å². The first-order valence-electron chi connectivity index (χ1n) is 7.83. The average Bonchev–Trinajstić information content (AvgIpc) is 2.44. The molecule has 0 aliphatic heterocycles. The lowest BCUT2D eigenvalue weighted by Crippen LogP contribution is -2.44. The summed E-state index contributed by atoms with van der Waals surface area (Å²) in [7, 11) is 0. The third-order valence-electron chi connectivity index (χ3n) is 4.47. The van der Waals surface area contributed by atoms with Crippen LogP contribution in [-0.2, 0) is 12.8 Å². The summed E-state index contributed by atoms with van der Waals surface area (Å²) >= 11 is 0. The van der Waals surface area contributed by atoms with E-state index >= 15 is 0 Å². The Labute approximate surface area is 129 Å². The van der Waals surface area contributed by atoms with E-state index in [2.05, 4.69) is 70.2 Å². The quantitative estimate of drug-likeness (QED) is 0.857. The molecule has 0 aliphatic carbocycles. The van der Waals surface area contributed by atoms with Crippen LogP contribution in [0.1, 0.15) is 41.2 Å². The van der Waals surface area contributed by atoms with Crippen LogP contribution in [0.5, 0.6) is 0 Å². The maximum Gasteiger partial charge on any atom is 0.0233 e. The topological polar surface area (TPSA) is 26.0 Å². The Balaban J connectivity index is 2.26. The van der Waals surface area contributed by atoms with Gasteiger partial charge in [-0.2, -0.15) is 0 Å². The fourth-order valence-corrected chi connectivity index (χ4v) is 3.16. The van der Waals surface area contributed by atoms with Crippen molar-refractivity contribution in [3.8, 4) is 0 Å². The van der Waals surface area contributed by atoms with Crippen LogP contribution < -0.4 is 5.73 Å². The van der Waals surface area contributed by atoms with E-state index < -0.39 is 0 Å². The van der Waals surface area contributed by atoms with Gasteiger partial charge in [-0.15, -0.1) is 0 Å². The van der Waals surface area contributed by atoms with Crippen molar-refractivity contribution in [2.45, 2.75) is 52.5 Å². The van der Waals surface area contributed by atoms with Crippen molar-refractivity contribution in [1.82, 2.24) is 0 Å². The van der Waals surface area contributed by atoms with Crippen molar-refractivity contribution in [3.05, 3.63) is 70.3 Å². The Hall–Kier alpha value is -1.60. The van der Waals surface area contributed by atoms with E-state index in [1.165, 1.54) is 27.8 Å². The van der Waals surface area contributed by atoms with Crippen molar-refractivity contribution in [3.63, 3.8) is 0 Å². The van der Waals surface area contributed by atoms with Gasteiger partial charge in [-0.1, -0.05) is 55.0 Å². The van der Waals surface area contributed by atoms with E-state index in [9.17, 15) is 0 Å². The van der Waals surface area contributed by atoms with E-state index in [0.29, 0.717) is 0 Å². The van der Waals surface area contributed by atoms with Gasteiger partial charge in [0.2, 0.25) is 0 Å². The van der Waals surface area contributed by atoms with Crippen LogP contribution >= 0.6 is 0 Å². The fourth-order valence-electron chi connectivity index (χ4n) is 3.16. The maximum atomic E-state index is 6.74. The molecular weight excluding hydrogens is 254 g/mol. The molecule has 0 bridgehead atoms. The largest absolute Gasteiger partial charge is 0.325 e. The minimum Gasteiger partial charge on any atom is -0.325 e. The Kier molecular flexibility index (Phi) is 4.84. The van der Waals surface area contributed by atoms with Crippen LogP contribution in [0.3, 0.4) is 0 Å². The Morgan fingerprint density at radius 1 is 0.905 bits per heavy atom. The molecule has 0 aliphatic rings. The lowest BCUT2D eigenvalue weighted by molar-refractivity contribution is 0.403. The highest BCUT2D eigenvalue weighted by molar-refractivity contribution is 5.39. The summed E-state index contributed by atoms with van der Waals surface area (Å²) < 4.78 is 0. The molecule has 0 aromatic heterocycles. The van der Waals surface area contributed by atoms with Crippen molar-refractivity contribution < 1.29 is 0 Å². The molecule has 0 heterocycles. The minimum atomic E-state index is -0.174. The summed E-state index contributed by atoms with van der Waals surface area (Å²) in [5.74, 6) is 0. The van der Waals surface area contributed by atoms with Crippen molar-refractivity contribution in [1.29, 1.82) is 0 Å². The fraction of sp³-hybridized carbons (Fsp3) is 0.400. The number of hydrogen-bond acceptors (Lipinski definition) is 1. The van der Waals surface area contributed by atoms with Gasteiger partial charge in [-0.3, -0.25) is 0 Å². The number of nitrogens with two attached hydrogens (primary N) is 1. The van der Waals surface area contributed by atoms with E-state index in [0.717, 1.165) is 19.3 Å². The lowest BCUT2D eigenvalue weighted by Gasteiger charge is -2.30. The first kappa shape index (κ1) is 15.8. The summed E-state index contributed by atoms with van der Waals surface area (Å²) in [5.41, 5.74) is 13.4. The zero-order valence-corrected chi connectivity index (χ0v) is 13.7. The second kappa shape index (κ2) is 6.44. The highest BCUT2D eigenvalue weighted by Crippen LogP contribution is 2.25. The number of aryl methyl sites for hydroxylation is 3. The van der Waals surface area contributed by atoms with Gasteiger partial charge in [-0.25, -0.2) is 0 Å². The normalized spacial score (nSPS) is 14.0. The zero-order chi connectivity index (χ0) is 15.5. The molecule has 1 nitrogen and oxygen atoms in total. The standard InChI is InChI=1S/C20H27N/c1-5-20(21,13-18-9-7-6-8-10-18)14-19-16(3)11-15(2)12-17(19)4/h6-12H,5,13-14,21H2,1-4H3. The van der Waals surface area contributed by atoms with Gasteiger partial charge < -0.3 is 5.73 Å². The molecule has 0 saturated carbocycles. The second-order valence-electron chi connectivity index (χ2n) is 6.43. The molecule has 2 aromatic carbocycles. The van der Waals surface area contributed by atoms with Gasteiger partial charge in [0.15, 0.2) is 0 Å². The molecule has 1 atom stereocenters. The summed E-state index contributed by atoms with van der Waals surface area (Å²) in [6.07, 6.45) is 2.85. The van der Waals surface area contributed by atoms with Crippen LogP contribution in [0.2, 0.25) is 0 Å². The molecule has 0 saturated heterocycles. The van der Waals surface area contributed by atoms with Gasteiger partial charge in [0, 0.05) is 5.54 Å². The molecule has 0 fully saturated rings. The first-order chi connectivity index (χ1) is 9.93. The van der Waals surface area contributed by atoms with Gasteiger partial charge in [0.1, 0.15) is 0 Å². The van der Waals surface area contributed by atoms with Crippen LogP contribution in [-0.4, -0.2) is 5.54 Å². The third kappa shape index (κ3) is 3.95. The predicted molar refractivity (Wildman–Crippen MR) is 91.7 cm³/mol. The second-order valence-corrected chi connectivity index (χ2v) is 6.43. The van der Waals surface area contributed by atoms with Crippen LogP contribution in [0.4, 0.5) is 0 Å². The van der Waals surface area contributed by atoms with Gasteiger partial charge in [0.05, 0.1) is 0 Å². The maximum absolute atomic E-state index is 6.74. The van der Waals surface area contributed by atoms with E-state index in [1.54, 1.807) is 0 Å². The summed E-state index contributed by atoms with van der Waals surface area (Å²) in [6.45, 7) is 8.76. The number of hydrogen-bond donors (Lipinski definition) is 1. The van der Waals surface area contributed by atoms with E-state index in [1.807, 2.05) is 0 Å². The van der Waals surface area contributed by atoms with Gasteiger partial charge in [0.25, 0.3) is 0 Å². The van der Waals surface area contributed by atoms with Crippen LogP contribution in [0.15, 0.2) is 42.5 Å². The van der Waals surface area contributed by atoms with Crippen LogP contribution in [0, 0.1) is 20.8 Å². The molecule has 21 heavy (non-hydrogen) atoms. The Morgan fingerprint density at radius 3 is 2.00 bits per heavy atom. The molecule has 0 spiro atoms. The predicted octanol–water partition coefficient (Wildman–Crippen LogP) is 4.50. The smallest absolute Gasteiger partial charge is 0.0233 e. The molecule has 0 radical (unpaired) electrons. The molecule has 0 amide bonds. The van der Waals surface area contributed by atoms with Crippen molar-refractivity contribution >= 4 is 0 Å². The van der Waals surface area contributed by atoms with Gasteiger partial charge >= 0.3 is 0 Å². The first-order valence-corrected chi connectivity index (χ1v) is 7.83. The molecule has 1 heteroatoms.